The van der Waals surface area contributed by atoms with E-state index in [4.69, 9.17) is 4.74 Å². The van der Waals surface area contributed by atoms with E-state index < -0.39 is 0 Å². The first-order valence-electron chi connectivity index (χ1n) is 5.89. The van der Waals surface area contributed by atoms with Crippen molar-refractivity contribution < 1.29 is 4.74 Å². The van der Waals surface area contributed by atoms with Crippen LogP contribution >= 0.6 is 0 Å². The molecule has 90 valence electrons. The fourth-order valence-corrected chi connectivity index (χ4v) is 1.15. The Kier molecular flexibility index (Phi) is 7.71. The van der Waals surface area contributed by atoms with Gasteiger partial charge in [-0.25, -0.2) is 0 Å². The van der Waals surface area contributed by atoms with Crippen LogP contribution in [0.3, 0.4) is 0 Å². The number of hydrogen-bond donors (Lipinski definition) is 1. The van der Waals surface area contributed by atoms with E-state index >= 15 is 0 Å². The molecule has 0 spiro atoms. The van der Waals surface area contributed by atoms with Gasteiger partial charge in [0.2, 0.25) is 0 Å². The molecule has 0 heterocycles. The molecule has 0 saturated carbocycles. The number of nitrogens with one attached hydrogen (secondary N) is 1. The predicted octanol–water partition coefficient (Wildman–Crippen LogP) is 2.99. The van der Waals surface area contributed by atoms with Gasteiger partial charge in [-0.1, -0.05) is 13.0 Å². The van der Waals surface area contributed by atoms with Crippen molar-refractivity contribution >= 4 is 0 Å². The van der Waals surface area contributed by atoms with Crippen LogP contribution in [0.4, 0.5) is 0 Å². The molecule has 1 unspecified atom stereocenters. The molecule has 0 aliphatic rings. The van der Waals surface area contributed by atoms with Gasteiger partial charge in [0.25, 0.3) is 0 Å². The summed E-state index contributed by atoms with van der Waals surface area (Å²) in [4.78, 5) is 0. The Morgan fingerprint density at radius 2 is 2.07 bits per heavy atom. The lowest BCUT2D eigenvalue weighted by molar-refractivity contribution is 0.101. The molecule has 0 aliphatic heterocycles. The lowest BCUT2D eigenvalue weighted by Crippen LogP contribution is -2.39. The normalized spacial score (nSPS) is 13.9. The number of rotatable bonds is 8. The summed E-state index contributed by atoms with van der Waals surface area (Å²) in [6.07, 6.45) is 4.07. The van der Waals surface area contributed by atoms with Crippen molar-refractivity contribution in [3.8, 4) is 0 Å². The predicted molar refractivity (Wildman–Crippen MR) is 67.2 cm³/mol. The Labute approximate surface area is 95.1 Å². The van der Waals surface area contributed by atoms with Crippen molar-refractivity contribution in [2.24, 2.45) is 5.92 Å². The second-order valence-corrected chi connectivity index (χ2v) is 5.24. The molecule has 0 rings (SSSR count). The Balaban J connectivity index is 3.33. The molecule has 0 aliphatic carbocycles. The summed E-state index contributed by atoms with van der Waals surface area (Å²) in [6.45, 7) is 15.2. The molecule has 2 heteroatoms. The van der Waals surface area contributed by atoms with E-state index in [1.807, 2.05) is 6.08 Å². The number of ether oxygens (including phenoxy) is 1. The van der Waals surface area contributed by atoms with E-state index in [-0.39, 0.29) is 5.54 Å². The Bertz CT molecular complexity index is 160. The summed E-state index contributed by atoms with van der Waals surface area (Å²) >= 11 is 0. The van der Waals surface area contributed by atoms with Gasteiger partial charge in [0, 0.05) is 18.7 Å². The topological polar surface area (TPSA) is 21.3 Å². The van der Waals surface area contributed by atoms with Crippen LogP contribution in [0.25, 0.3) is 0 Å². The Morgan fingerprint density at radius 1 is 1.40 bits per heavy atom. The molecule has 0 aromatic heterocycles. The molecule has 1 N–H and O–H groups in total. The first-order chi connectivity index (χ1) is 6.95. The number of allylic oxidation sites excluding steroid dienone is 1. The van der Waals surface area contributed by atoms with Gasteiger partial charge in [0.05, 0.1) is 6.61 Å². The lowest BCUT2D eigenvalue weighted by atomic mass is 10.1. The summed E-state index contributed by atoms with van der Waals surface area (Å²) in [5.41, 5.74) is 0.205. The molecule has 0 aromatic rings. The first kappa shape index (κ1) is 14.7. The second kappa shape index (κ2) is 7.89. The van der Waals surface area contributed by atoms with Crippen molar-refractivity contribution in [2.75, 3.05) is 19.8 Å². The van der Waals surface area contributed by atoms with Crippen LogP contribution in [0.2, 0.25) is 0 Å². The van der Waals surface area contributed by atoms with E-state index in [9.17, 15) is 0 Å². The average Bonchev–Trinajstić information content (AvgIpc) is 2.13. The molecule has 2 nitrogen and oxygen atoms in total. The molecule has 0 saturated heterocycles. The maximum absolute atomic E-state index is 5.57. The van der Waals surface area contributed by atoms with Crippen LogP contribution in [-0.4, -0.2) is 25.3 Å². The van der Waals surface area contributed by atoms with Gasteiger partial charge in [-0.15, -0.1) is 6.58 Å². The molecule has 1 atom stereocenters. The van der Waals surface area contributed by atoms with E-state index in [0.717, 1.165) is 32.6 Å². The van der Waals surface area contributed by atoms with E-state index in [1.165, 1.54) is 0 Å². The lowest BCUT2D eigenvalue weighted by Gasteiger charge is -2.23. The highest BCUT2D eigenvalue weighted by atomic mass is 16.5. The zero-order valence-electron chi connectivity index (χ0n) is 10.8. The molecular formula is C13H27NO. The van der Waals surface area contributed by atoms with Crippen LogP contribution in [0.1, 0.15) is 40.5 Å². The minimum Gasteiger partial charge on any atom is -0.381 e. The molecule has 0 fully saturated rings. The van der Waals surface area contributed by atoms with Crippen LogP contribution < -0.4 is 5.32 Å². The van der Waals surface area contributed by atoms with Gasteiger partial charge in [-0.05, 0) is 39.5 Å². The maximum atomic E-state index is 5.57. The highest BCUT2D eigenvalue weighted by Gasteiger charge is 2.10. The highest BCUT2D eigenvalue weighted by Crippen LogP contribution is 2.02. The number of unbranched alkanes of at least 4 members (excludes halogenated alkanes) is 1. The molecule has 0 bridgehead atoms. The molecular weight excluding hydrogens is 186 g/mol. The van der Waals surface area contributed by atoms with Crippen LogP contribution in [0.15, 0.2) is 12.7 Å². The highest BCUT2D eigenvalue weighted by molar-refractivity contribution is 4.71. The molecule has 0 aromatic carbocycles. The molecule has 15 heavy (non-hydrogen) atoms. The van der Waals surface area contributed by atoms with E-state index in [0.29, 0.717) is 5.92 Å². The third-order valence-corrected chi connectivity index (χ3v) is 2.08. The standard InChI is InChI=1S/C13H27NO/c1-6-7-8-9-15-11-12(2)10-14-13(3,4)5/h6,12,14H,1,7-11H2,2-5H3. The zero-order chi connectivity index (χ0) is 11.7. The van der Waals surface area contributed by atoms with Gasteiger partial charge in [-0.3, -0.25) is 0 Å². The third kappa shape index (κ3) is 11.6. The van der Waals surface area contributed by atoms with Crippen molar-refractivity contribution in [1.82, 2.24) is 5.32 Å². The minimum atomic E-state index is 0.205. The zero-order valence-corrected chi connectivity index (χ0v) is 10.8. The summed E-state index contributed by atoms with van der Waals surface area (Å²) in [7, 11) is 0. The van der Waals surface area contributed by atoms with Crippen LogP contribution in [-0.2, 0) is 4.74 Å². The summed E-state index contributed by atoms with van der Waals surface area (Å²) in [5, 5.41) is 3.48. The van der Waals surface area contributed by atoms with E-state index in [2.05, 4.69) is 39.6 Å². The van der Waals surface area contributed by atoms with Gasteiger partial charge in [0.1, 0.15) is 0 Å². The van der Waals surface area contributed by atoms with Gasteiger partial charge < -0.3 is 10.1 Å². The largest absolute Gasteiger partial charge is 0.381 e. The van der Waals surface area contributed by atoms with Crippen LogP contribution in [0, 0.1) is 5.92 Å². The summed E-state index contributed by atoms with van der Waals surface area (Å²) < 4.78 is 5.57. The SMILES string of the molecule is C=CCCCOCC(C)CNC(C)(C)C. The quantitative estimate of drug-likeness (QED) is 0.494. The third-order valence-electron chi connectivity index (χ3n) is 2.08. The van der Waals surface area contributed by atoms with Crippen molar-refractivity contribution in [1.29, 1.82) is 0 Å². The van der Waals surface area contributed by atoms with Crippen molar-refractivity contribution in [3.05, 3.63) is 12.7 Å². The molecule has 0 amide bonds. The monoisotopic (exact) mass is 213 g/mol. The maximum Gasteiger partial charge on any atom is 0.0503 e. The summed E-state index contributed by atoms with van der Waals surface area (Å²) in [5.74, 6) is 0.577. The Morgan fingerprint density at radius 3 is 2.60 bits per heavy atom. The van der Waals surface area contributed by atoms with Gasteiger partial charge in [-0.2, -0.15) is 0 Å². The van der Waals surface area contributed by atoms with Crippen LogP contribution in [0.5, 0.6) is 0 Å². The molecule has 0 radical (unpaired) electrons. The fraction of sp³-hybridized carbons (Fsp3) is 0.846. The Hall–Kier alpha value is -0.340. The number of hydrogen-bond acceptors (Lipinski definition) is 2. The summed E-state index contributed by atoms with van der Waals surface area (Å²) in [6, 6.07) is 0. The smallest absolute Gasteiger partial charge is 0.0503 e. The van der Waals surface area contributed by atoms with Gasteiger partial charge in [0.15, 0.2) is 0 Å². The van der Waals surface area contributed by atoms with Gasteiger partial charge >= 0.3 is 0 Å². The minimum absolute atomic E-state index is 0.205. The van der Waals surface area contributed by atoms with Crippen molar-refractivity contribution in [2.45, 2.75) is 46.1 Å². The second-order valence-electron chi connectivity index (χ2n) is 5.24. The first-order valence-corrected chi connectivity index (χ1v) is 5.89. The average molecular weight is 213 g/mol. The fourth-order valence-electron chi connectivity index (χ4n) is 1.15. The van der Waals surface area contributed by atoms with E-state index in [1.54, 1.807) is 0 Å². The van der Waals surface area contributed by atoms with Crippen molar-refractivity contribution in [3.63, 3.8) is 0 Å².